The molecule has 0 aromatic heterocycles. The van der Waals surface area contributed by atoms with E-state index in [1.54, 1.807) is 41.5 Å². The van der Waals surface area contributed by atoms with Gasteiger partial charge >= 0.3 is 18.0 Å². The van der Waals surface area contributed by atoms with Gasteiger partial charge in [0.05, 0.1) is 0 Å². The fourth-order valence-electron chi connectivity index (χ4n) is 2.55. The zero-order valence-electron chi connectivity index (χ0n) is 20.1. The van der Waals surface area contributed by atoms with Gasteiger partial charge in [-0.2, -0.15) is 0 Å². The van der Waals surface area contributed by atoms with E-state index in [-0.39, 0.29) is 6.42 Å². The first-order valence-corrected chi connectivity index (χ1v) is 10.6. The van der Waals surface area contributed by atoms with Gasteiger partial charge in [-0.15, -0.1) is 0 Å². The molecule has 2 atom stereocenters. The molecule has 0 fully saturated rings. The fraction of sp³-hybridized carbons (Fsp3) is 0.500. The number of alkyl carbamates (subject to hydrolysis) is 1. The second-order valence-electron chi connectivity index (χ2n) is 9.32. The van der Waals surface area contributed by atoms with Crippen molar-refractivity contribution >= 4 is 23.9 Å². The molecule has 0 unspecified atom stereocenters. The SMILES string of the molecule is C=CC(=O)OC[C@H](NC(=O)OC(C)(C)C)C(=O)N[C@@H](Cc1ccccc1)C(=O)OC(C)(C)C. The molecule has 1 aromatic rings. The number of rotatable bonds is 9. The van der Waals surface area contributed by atoms with Crippen molar-refractivity contribution < 1.29 is 33.4 Å². The minimum Gasteiger partial charge on any atom is -0.460 e. The monoisotopic (exact) mass is 462 g/mol. The molecule has 9 heteroatoms. The lowest BCUT2D eigenvalue weighted by atomic mass is 10.0. The molecule has 0 spiro atoms. The van der Waals surface area contributed by atoms with E-state index < -0.39 is 53.8 Å². The van der Waals surface area contributed by atoms with Crippen LogP contribution in [0.3, 0.4) is 0 Å². The Balaban J connectivity index is 3.06. The normalized spacial score (nSPS) is 13.2. The summed E-state index contributed by atoms with van der Waals surface area (Å²) in [7, 11) is 0. The molecular weight excluding hydrogens is 428 g/mol. The Morgan fingerprint density at radius 1 is 0.909 bits per heavy atom. The molecule has 0 radical (unpaired) electrons. The number of carbonyl (C=O) groups is 4. The van der Waals surface area contributed by atoms with Crippen LogP contribution in [-0.2, 0) is 35.0 Å². The number of amides is 2. The van der Waals surface area contributed by atoms with Gasteiger partial charge in [-0.3, -0.25) is 4.79 Å². The summed E-state index contributed by atoms with van der Waals surface area (Å²) in [4.78, 5) is 49.5. The topological polar surface area (TPSA) is 120 Å². The molecule has 0 aliphatic carbocycles. The van der Waals surface area contributed by atoms with Gasteiger partial charge in [-0.1, -0.05) is 36.9 Å². The Morgan fingerprint density at radius 3 is 2.00 bits per heavy atom. The Hall–Kier alpha value is -3.36. The zero-order chi connectivity index (χ0) is 25.2. The summed E-state index contributed by atoms with van der Waals surface area (Å²) < 4.78 is 15.6. The lowest BCUT2D eigenvalue weighted by molar-refractivity contribution is -0.159. The van der Waals surface area contributed by atoms with Gasteiger partial charge in [0.1, 0.15) is 29.9 Å². The third-order valence-corrected chi connectivity index (χ3v) is 3.86. The minimum atomic E-state index is -1.32. The van der Waals surface area contributed by atoms with Crippen LogP contribution in [0.15, 0.2) is 43.0 Å². The quantitative estimate of drug-likeness (QED) is 0.329. The number of esters is 2. The average molecular weight is 463 g/mol. The molecule has 0 aliphatic heterocycles. The maximum atomic E-state index is 13.0. The van der Waals surface area contributed by atoms with Gasteiger partial charge in [0, 0.05) is 12.5 Å². The molecule has 0 bridgehead atoms. The van der Waals surface area contributed by atoms with Crippen molar-refractivity contribution in [2.24, 2.45) is 0 Å². The number of nitrogens with one attached hydrogen (secondary N) is 2. The number of benzene rings is 1. The van der Waals surface area contributed by atoms with Crippen LogP contribution in [0.2, 0.25) is 0 Å². The Labute approximate surface area is 194 Å². The summed E-state index contributed by atoms with van der Waals surface area (Å²) in [5, 5.41) is 4.97. The van der Waals surface area contributed by atoms with Crippen LogP contribution in [0.1, 0.15) is 47.1 Å². The minimum absolute atomic E-state index is 0.160. The first kappa shape index (κ1) is 27.7. The van der Waals surface area contributed by atoms with Gasteiger partial charge in [-0.25, -0.2) is 14.4 Å². The Kier molecular flexibility index (Phi) is 10.1. The van der Waals surface area contributed by atoms with Crippen molar-refractivity contribution in [1.29, 1.82) is 0 Å². The van der Waals surface area contributed by atoms with E-state index in [9.17, 15) is 19.2 Å². The predicted octanol–water partition coefficient (Wildman–Crippen LogP) is 2.68. The van der Waals surface area contributed by atoms with Crippen molar-refractivity contribution in [3.8, 4) is 0 Å². The van der Waals surface area contributed by atoms with Crippen LogP contribution in [0, 0.1) is 0 Å². The van der Waals surface area contributed by atoms with Crippen LogP contribution in [0.5, 0.6) is 0 Å². The number of hydrogen-bond acceptors (Lipinski definition) is 7. The highest BCUT2D eigenvalue weighted by Gasteiger charge is 2.31. The van der Waals surface area contributed by atoms with Gasteiger partial charge in [0.2, 0.25) is 5.91 Å². The summed E-state index contributed by atoms with van der Waals surface area (Å²) in [6, 6.07) is 6.72. The van der Waals surface area contributed by atoms with E-state index in [1.807, 2.05) is 30.3 Å². The average Bonchev–Trinajstić information content (AvgIpc) is 2.68. The van der Waals surface area contributed by atoms with Gasteiger partial charge in [0.25, 0.3) is 0 Å². The molecule has 0 saturated carbocycles. The molecule has 2 amide bonds. The van der Waals surface area contributed by atoms with E-state index in [4.69, 9.17) is 14.2 Å². The summed E-state index contributed by atoms with van der Waals surface area (Å²) in [5.41, 5.74) is -0.789. The van der Waals surface area contributed by atoms with Crippen LogP contribution < -0.4 is 10.6 Å². The summed E-state index contributed by atoms with van der Waals surface area (Å²) in [5.74, 6) is -2.16. The second-order valence-corrected chi connectivity index (χ2v) is 9.32. The molecule has 2 N–H and O–H groups in total. The van der Waals surface area contributed by atoms with Gasteiger partial charge in [0.15, 0.2) is 0 Å². The zero-order valence-corrected chi connectivity index (χ0v) is 20.1. The highest BCUT2D eigenvalue weighted by Crippen LogP contribution is 2.12. The van der Waals surface area contributed by atoms with Crippen LogP contribution in [0.25, 0.3) is 0 Å². The molecule has 9 nitrogen and oxygen atoms in total. The van der Waals surface area contributed by atoms with Crippen molar-refractivity contribution in [2.75, 3.05) is 6.61 Å². The lowest BCUT2D eigenvalue weighted by Crippen LogP contribution is -2.55. The van der Waals surface area contributed by atoms with Crippen LogP contribution in [-0.4, -0.2) is 53.8 Å². The van der Waals surface area contributed by atoms with Gasteiger partial charge in [-0.05, 0) is 47.1 Å². The highest BCUT2D eigenvalue weighted by atomic mass is 16.6. The molecule has 33 heavy (non-hydrogen) atoms. The Bertz CT molecular complexity index is 839. The largest absolute Gasteiger partial charge is 0.460 e. The first-order chi connectivity index (χ1) is 15.2. The number of ether oxygens (including phenoxy) is 3. The number of hydrogen-bond donors (Lipinski definition) is 2. The van der Waals surface area contributed by atoms with Crippen molar-refractivity contribution in [2.45, 2.75) is 71.2 Å². The van der Waals surface area contributed by atoms with E-state index in [0.717, 1.165) is 11.6 Å². The third kappa shape index (κ3) is 11.7. The van der Waals surface area contributed by atoms with E-state index in [0.29, 0.717) is 0 Å². The number of carbonyl (C=O) groups excluding carboxylic acids is 4. The van der Waals surface area contributed by atoms with Crippen LogP contribution in [0.4, 0.5) is 4.79 Å². The lowest BCUT2D eigenvalue weighted by Gasteiger charge is -2.27. The maximum Gasteiger partial charge on any atom is 0.408 e. The molecule has 0 saturated heterocycles. The van der Waals surface area contributed by atoms with Crippen LogP contribution >= 0.6 is 0 Å². The second kappa shape index (κ2) is 12.0. The van der Waals surface area contributed by atoms with E-state index in [1.165, 1.54) is 0 Å². The molecule has 0 aliphatic rings. The maximum absolute atomic E-state index is 13.0. The molecule has 1 rings (SSSR count). The third-order valence-electron chi connectivity index (χ3n) is 3.86. The first-order valence-electron chi connectivity index (χ1n) is 10.6. The van der Waals surface area contributed by atoms with E-state index in [2.05, 4.69) is 17.2 Å². The molecule has 182 valence electrons. The molecule has 0 heterocycles. The molecule has 1 aromatic carbocycles. The van der Waals surface area contributed by atoms with E-state index >= 15 is 0 Å². The predicted molar refractivity (Wildman–Crippen MR) is 122 cm³/mol. The summed E-state index contributed by atoms with van der Waals surface area (Å²) in [6.45, 7) is 13.0. The fourth-order valence-corrected chi connectivity index (χ4v) is 2.55. The van der Waals surface area contributed by atoms with Crippen molar-refractivity contribution in [1.82, 2.24) is 10.6 Å². The Morgan fingerprint density at radius 2 is 1.48 bits per heavy atom. The van der Waals surface area contributed by atoms with Gasteiger partial charge < -0.3 is 24.8 Å². The van der Waals surface area contributed by atoms with Crippen molar-refractivity contribution in [3.05, 3.63) is 48.6 Å². The highest BCUT2D eigenvalue weighted by molar-refractivity contribution is 5.90. The molecular formula is C24H34N2O7. The summed E-state index contributed by atoms with van der Waals surface area (Å²) in [6.07, 6.45) is 0.211. The smallest absolute Gasteiger partial charge is 0.408 e. The standard InChI is InChI=1S/C24H34N2O7/c1-8-19(27)31-15-18(26-22(30)33-24(5,6)7)20(28)25-17(21(29)32-23(2,3)4)14-16-12-10-9-11-13-16/h8-13,17-18H,1,14-15H2,2-7H3,(H,25,28)(H,26,30)/t17-,18-/m0/s1. The summed E-state index contributed by atoms with van der Waals surface area (Å²) >= 11 is 0. The van der Waals surface area contributed by atoms with Crippen molar-refractivity contribution in [3.63, 3.8) is 0 Å².